The highest BCUT2D eigenvalue weighted by Gasteiger charge is 2.14. The Kier molecular flexibility index (Phi) is 4.31. The SMILES string of the molecule is CCn1nccc1-c1ccc(CN2CCN(C)CC2)cn1. The van der Waals surface area contributed by atoms with Gasteiger partial charge >= 0.3 is 0 Å². The average molecular weight is 285 g/mol. The van der Waals surface area contributed by atoms with Gasteiger partial charge in [0.1, 0.15) is 0 Å². The standard InChI is InChI=1S/C16H23N5/c1-3-21-16(6-7-18-21)15-5-4-14(12-17-15)13-20-10-8-19(2)9-11-20/h4-7,12H,3,8-11,13H2,1-2H3. The van der Waals surface area contributed by atoms with Gasteiger partial charge in [0.25, 0.3) is 0 Å². The van der Waals surface area contributed by atoms with Crippen LogP contribution in [0.15, 0.2) is 30.6 Å². The molecule has 0 amide bonds. The minimum atomic E-state index is 0.868. The fourth-order valence-electron chi connectivity index (χ4n) is 2.74. The monoisotopic (exact) mass is 285 g/mol. The Balaban J connectivity index is 1.67. The van der Waals surface area contributed by atoms with Gasteiger partial charge in [0.15, 0.2) is 0 Å². The molecule has 0 aliphatic carbocycles. The van der Waals surface area contributed by atoms with Gasteiger partial charge in [0.2, 0.25) is 0 Å². The van der Waals surface area contributed by atoms with E-state index in [1.165, 1.54) is 5.56 Å². The topological polar surface area (TPSA) is 37.2 Å². The zero-order valence-corrected chi connectivity index (χ0v) is 12.9. The molecule has 5 nitrogen and oxygen atoms in total. The van der Waals surface area contributed by atoms with Crippen LogP contribution in [0.25, 0.3) is 11.4 Å². The molecule has 112 valence electrons. The number of aryl methyl sites for hydroxylation is 1. The fourth-order valence-corrected chi connectivity index (χ4v) is 2.74. The zero-order chi connectivity index (χ0) is 14.7. The van der Waals surface area contributed by atoms with E-state index in [9.17, 15) is 0 Å². The lowest BCUT2D eigenvalue weighted by atomic mass is 10.2. The van der Waals surface area contributed by atoms with E-state index in [0.29, 0.717) is 0 Å². The van der Waals surface area contributed by atoms with E-state index in [-0.39, 0.29) is 0 Å². The zero-order valence-electron chi connectivity index (χ0n) is 12.9. The normalized spacial score (nSPS) is 17.2. The summed E-state index contributed by atoms with van der Waals surface area (Å²) >= 11 is 0. The van der Waals surface area contributed by atoms with Crippen molar-refractivity contribution in [2.24, 2.45) is 0 Å². The first-order valence-electron chi connectivity index (χ1n) is 7.64. The summed E-state index contributed by atoms with van der Waals surface area (Å²) in [5, 5.41) is 4.30. The van der Waals surface area contributed by atoms with Gasteiger partial charge in [-0.25, -0.2) is 0 Å². The largest absolute Gasteiger partial charge is 0.304 e. The number of nitrogens with zero attached hydrogens (tertiary/aromatic N) is 5. The lowest BCUT2D eigenvalue weighted by molar-refractivity contribution is 0.148. The van der Waals surface area contributed by atoms with E-state index < -0.39 is 0 Å². The van der Waals surface area contributed by atoms with Gasteiger partial charge in [-0.3, -0.25) is 14.6 Å². The first-order valence-corrected chi connectivity index (χ1v) is 7.64. The molecule has 0 N–H and O–H groups in total. The maximum atomic E-state index is 4.61. The second kappa shape index (κ2) is 6.37. The maximum Gasteiger partial charge on any atom is 0.0883 e. The van der Waals surface area contributed by atoms with Crippen molar-refractivity contribution in [2.45, 2.75) is 20.0 Å². The van der Waals surface area contributed by atoms with Crippen LogP contribution in [0.2, 0.25) is 0 Å². The first-order chi connectivity index (χ1) is 10.3. The minimum Gasteiger partial charge on any atom is -0.304 e. The fraction of sp³-hybridized carbons (Fsp3) is 0.500. The van der Waals surface area contributed by atoms with Gasteiger partial charge in [-0.1, -0.05) is 6.07 Å². The van der Waals surface area contributed by atoms with Crippen molar-refractivity contribution in [3.8, 4) is 11.4 Å². The number of aromatic nitrogens is 3. The molecule has 0 saturated carbocycles. The molecule has 2 aromatic heterocycles. The van der Waals surface area contributed by atoms with Crippen LogP contribution in [-0.2, 0) is 13.1 Å². The Morgan fingerprint density at radius 2 is 1.90 bits per heavy atom. The molecule has 1 aliphatic rings. The summed E-state index contributed by atoms with van der Waals surface area (Å²) in [4.78, 5) is 9.48. The van der Waals surface area contributed by atoms with Crippen molar-refractivity contribution in [3.05, 3.63) is 36.2 Å². The van der Waals surface area contributed by atoms with E-state index in [2.05, 4.69) is 46.0 Å². The number of pyridine rings is 1. The van der Waals surface area contributed by atoms with Crippen LogP contribution in [0.1, 0.15) is 12.5 Å². The van der Waals surface area contributed by atoms with E-state index >= 15 is 0 Å². The summed E-state index contributed by atoms with van der Waals surface area (Å²) in [5.41, 5.74) is 3.37. The third-order valence-corrected chi connectivity index (χ3v) is 4.11. The molecule has 1 fully saturated rings. The summed E-state index contributed by atoms with van der Waals surface area (Å²) in [6.07, 6.45) is 3.83. The Bertz CT molecular complexity index is 567. The molecule has 0 unspecified atom stereocenters. The molecule has 2 aromatic rings. The summed E-state index contributed by atoms with van der Waals surface area (Å²) in [6.45, 7) is 8.55. The van der Waals surface area contributed by atoms with E-state index in [1.54, 1.807) is 0 Å². The molecule has 0 radical (unpaired) electrons. The van der Waals surface area contributed by atoms with Crippen molar-refractivity contribution in [1.82, 2.24) is 24.6 Å². The van der Waals surface area contributed by atoms with Gasteiger partial charge in [-0.05, 0) is 31.7 Å². The highest BCUT2D eigenvalue weighted by molar-refractivity contribution is 5.54. The summed E-state index contributed by atoms with van der Waals surface area (Å²) in [6, 6.07) is 6.31. The molecule has 21 heavy (non-hydrogen) atoms. The smallest absolute Gasteiger partial charge is 0.0883 e. The molecule has 0 aromatic carbocycles. The Morgan fingerprint density at radius 1 is 1.10 bits per heavy atom. The van der Waals surface area contributed by atoms with Crippen LogP contribution in [0.3, 0.4) is 0 Å². The van der Waals surface area contributed by atoms with Crippen molar-refractivity contribution in [2.75, 3.05) is 33.2 Å². The number of piperazine rings is 1. The number of rotatable bonds is 4. The summed E-state index contributed by atoms with van der Waals surface area (Å²) in [7, 11) is 2.19. The second-order valence-electron chi connectivity index (χ2n) is 5.66. The van der Waals surface area contributed by atoms with Gasteiger partial charge in [-0.15, -0.1) is 0 Å². The number of hydrogen-bond donors (Lipinski definition) is 0. The van der Waals surface area contributed by atoms with Gasteiger partial charge < -0.3 is 4.90 Å². The maximum absolute atomic E-state index is 4.61. The molecule has 1 aliphatic heterocycles. The lowest BCUT2D eigenvalue weighted by Gasteiger charge is -2.32. The van der Waals surface area contributed by atoms with Crippen LogP contribution in [0, 0.1) is 0 Å². The molecule has 3 heterocycles. The average Bonchev–Trinajstić information content (AvgIpc) is 2.99. The minimum absolute atomic E-state index is 0.868. The van der Waals surface area contributed by atoms with Crippen molar-refractivity contribution < 1.29 is 0 Å². The third kappa shape index (κ3) is 3.31. The van der Waals surface area contributed by atoms with Crippen LogP contribution in [0.5, 0.6) is 0 Å². The van der Waals surface area contributed by atoms with Crippen LogP contribution < -0.4 is 0 Å². The number of likely N-dealkylation sites (N-methyl/N-ethyl adjacent to an activating group) is 1. The van der Waals surface area contributed by atoms with Crippen LogP contribution in [0.4, 0.5) is 0 Å². The molecule has 5 heteroatoms. The quantitative estimate of drug-likeness (QED) is 0.857. The first kappa shape index (κ1) is 14.2. The van der Waals surface area contributed by atoms with Gasteiger partial charge in [-0.2, -0.15) is 5.10 Å². The van der Waals surface area contributed by atoms with Crippen molar-refractivity contribution in [3.63, 3.8) is 0 Å². The Hall–Kier alpha value is -1.72. The lowest BCUT2D eigenvalue weighted by Crippen LogP contribution is -2.43. The molecule has 1 saturated heterocycles. The van der Waals surface area contributed by atoms with Crippen molar-refractivity contribution >= 4 is 0 Å². The van der Waals surface area contributed by atoms with Gasteiger partial charge in [0.05, 0.1) is 11.4 Å². The van der Waals surface area contributed by atoms with Gasteiger partial charge in [0, 0.05) is 51.7 Å². The Labute approximate surface area is 126 Å². The van der Waals surface area contributed by atoms with E-state index in [0.717, 1.165) is 50.7 Å². The molecule has 0 bridgehead atoms. The van der Waals surface area contributed by atoms with Crippen molar-refractivity contribution in [1.29, 1.82) is 0 Å². The molecule has 0 spiro atoms. The summed E-state index contributed by atoms with van der Waals surface area (Å²) < 4.78 is 1.97. The predicted octanol–water partition coefficient (Wildman–Crippen LogP) is 1.71. The molecule has 0 atom stereocenters. The molecular formula is C16H23N5. The van der Waals surface area contributed by atoms with Crippen LogP contribution in [-0.4, -0.2) is 57.8 Å². The Morgan fingerprint density at radius 3 is 2.57 bits per heavy atom. The van der Waals surface area contributed by atoms with E-state index in [1.807, 2.05) is 23.1 Å². The highest BCUT2D eigenvalue weighted by atomic mass is 15.3. The third-order valence-electron chi connectivity index (χ3n) is 4.11. The molecule has 3 rings (SSSR count). The highest BCUT2D eigenvalue weighted by Crippen LogP contribution is 2.17. The second-order valence-corrected chi connectivity index (χ2v) is 5.66. The molecular weight excluding hydrogens is 262 g/mol. The van der Waals surface area contributed by atoms with E-state index in [4.69, 9.17) is 0 Å². The predicted molar refractivity (Wildman–Crippen MR) is 83.9 cm³/mol. The number of hydrogen-bond acceptors (Lipinski definition) is 4. The summed E-state index contributed by atoms with van der Waals surface area (Å²) in [5.74, 6) is 0. The van der Waals surface area contributed by atoms with Crippen LogP contribution >= 0.6 is 0 Å².